The van der Waals surface area contributed by atoms with E-state index in [1.54, 1.807) is 16.2 Å². The number of hydrogen-bond acceptors (Lipinski definition) is 4. The van der Waals surface area contributed by atoms with E-state index >= 15 is 0 Å². The number of fused-ring (bicyclic) bond motifs is 1. The summed E-state index contributed by atoms with van der Waals surface area (Å²) in [7, 11) is 0. The quantitative estimate of drug-likeness (QED) is 0.862. The van der Waals surface area contributed by atoms with Gasteiger partial charge in [0.2, 0.25) is 5.91 Å². The molecule has 124 valence electrons. The maximum atomic E-state index is 12.5. The molecule has 1 aromatic heterocycles. The van der Waals surface area contributed by atoms with Gasteiger partial charge in [0.05, 0.1) is 18.7 Å². The summed E-state index contributed by atoms with van der Waals surface area (Å²) in [5.41, 5.74) is 3.22. The number of rotatable bonds is 3. The van der Waals surface area contributed by atoms with Gasteiger partial charge in [0.1, 0.15) is 6.61 Å². The summed E-state index contributed by atoms with van der Waals surface area (Å²) in [5.74, 6) is 0.161. The van der Waals surface area contributed by atoms with Crippen LogP contribution < -0.4 is 4.90 Å². The van der Waals surface area contributed by atoms with Crippen LogP contribution in [0.5, 0.6) is 0 Å². The standard InChI is InChI=1S/C18H18N2O3S/c21-17(11-14-4-2-10-24-14)19-7-6-15-13(12-19)3-1-5-16(15)20-8-9-23-18(20)22/h1-5,10H,6-9,11-12H2. The number of carbonyl (C=O) groups is 2. The third-order valence-electron chi connectivity index (χ3n) is 4.55. The normalized spacial score (nSPS) is 16.9. The van der Waals surface area contributed by atoms with E-state index in [-0.39, 0.29) is 12.0 Å². The van der Waals surface area contributed by atoms with E-state index in [1.165, 1.54) is 0 Å². The van der Waals surface area contributed by atoms with E-state index in [9.17, 15) is 9.59 Å². The second-order valence-electron chi connectivity index (χ2n) is 6.00. The van der Waals surface area contributed by atoms with Crippen molar-refractivity contribution in [1.82, 2.24) is 4.90 Å². The van der Waals surface area contributed by atoms with Crippen molar-refractivity contribution in [3.63, 3.8) is 0 Å². The topological polar surface area (TPSA) is 49.9 Å². The number of anilines is 1. The van der Waals surface area contributed by atoms with E-state index in [2.05, 4.69) is 0 Å². The van der Waals surface area contributed by atoms with Gasteiger partial charge in [-0.05, 0) is 35.1 Å². The van der Waals surface area contributed by atoms with Crippen LogP contribution in [0.3, 0.4) is 0 Å². The molecular formula is C18H18N2O3S. The lowest BCUT2D eigenvalue weighted by molar-refractivity contribution is -0.131. The number of ether oxygens (including phenoxy) is 1. The molecule has 2 aliphatic heterocycles. The first kappa shape index (κ1) is 15.2. The SMILES string of the molecule is O=C(Cc1cccs1)N1CCc2c(cccc2N2CCOC2=O)C1. The summed E-state index contributed by atoms with van der Waals surface area (Å²) < 4.78 is 5.05. The molecule has 1 saturated heterocycles. The first-order valence-electron chi connectivity index (χ1n) is 8.07. The Kier molecular flexibility index (Phi) is 3.98. The minimum absolute atomic E-state index is 0.161. The smallest absolute Gasteiger partial charge is 0.414 e. The Balaban J connectivity index is 1.53. The zero-order valence-corrected chi connectivity index (χ0v) is 14.1. The molecule has 4 rings (SSSR count). The Bertz CT molecular complexity index is 773. The number of thiophene rings is 1. The van der Waals surface area contributed by atoms with E-state index in [0.717, 1.165) is 28.1 Å². The maximum absolute atomic E-state index is 12.5. The molecule has 0 unspecified atom stereocenters. The second kappa shape index (κ2) is 6.28. The van der Waals surface area contributed by atoms with Gasteiger partial charge >= 0.3 is 6.09 Å². The molecule has 1 aromatic carbocycles. The highest BCUT2D eigenvalue weighted by Gasteiger charge is 2.29. The summed E-state index contributed by atoms with van der Waals surface area (Å²) in [4.78, 5) is 29.1. The Hall–Kier alpha value is -2.34. The van der Waals surface area contributed by atoms with Crippen LogP contribution in [-0.2, 0) is 28.9 Å². The molecule has 0 spiro atoms. The van der Waals surface area contributed by atoms with Crippen LogP contribution in [0.1, 0.15) is 16.0 Å². The van der Waals surface area contributed by atoms with Gasteiger partial charge in [-0.3, -0.25) is 9.69 Å². The van der Waals surface area contributed by atoms with Crippen LogP contribution in [0.25, 0.3) is 0 Å². The molecule has 2 aromatic rings. The van der Waals surface area contributed by atoms with Gasteiger partial charge in [-0.1, -0.05) is 18.2 Å². The van der Waals surface area contributed by atoms with Crippen LogP contribution in [0.15, 0.2) is 35.7 Å². The second-order valence-corrected chi connectivity index (χ2v) is 7.03. The molecule has 0 aliphatic carbocycles. The van der Waals surface area contributed by atoms with Crippen molar-refractivity contribution in [2.75, 3.05) is 24.6 Å². The molecule has 0 bridgehead atoms. The van der Waals surface area contributed by atoms with Gasteiger partial charge in [-0.2, -0.15) is 0 Å². The number of cyclic esters (lactones) is 1. The highest BCUT2D eigenvalue weighted by molar-refractivity contribution is 7.10. The predicted molar refractivity (Wildman–Crippen MR) is 92.3 cm³/mol. The molecule has 0 atom stereocenters. The highest BCUT2D eigenvalue weighted by atomic mass is 32.1. The Morgan fingerprint density at radius 2 is 2.12 bits per heavy atom. The molecular weight excluding hydrogens is 324 g/mol. The molecule has 0 radical (unpaired) electrons. The molecule has 2 amide bonds. The predicted octanol–water partition coefficient (Wildman–Crippen LogP) is 2.83. The zero-order chi connectivity index (χ0) is 16.5. The van der Waals surface area contributed by atoms with Crippen molar-refractivity contribution in [3.05, 3.63) is 51.7 Å². The fourth-order valence-electron chi connectivity index (χ4n) is 3.34. The van der Waals surface area contributed by atoms with Gasteiger partial charge in [-0.25, -0.2) is 4.79 Å². The molecule has 5 nitrogen and oxygen atoms in total. The Labute approximate surface area is 144 Å². The maximum Gasteiger partial charge on any atom is 0.414 e. The number of nitrogens with zero attached hydrogens (tertiary/aromatic N) is 2. The summed E-state index contributed by atoms with van der Waals surface area (Å²) in [6, 6.07) is 9.93. The minimum Gasteiger partial charge on any atom is -0.447 e. The van der Waals surface area contributed by atoms with Crippen molar-refractivity contribution in [1.29, 1.82) is 0 Å². The van der Waals surface area contributed by atoms with Crippen LogP contribution in [-0.4, -0.2) is 36.6 Å². The van der Waals surface area contributed by atoms with Crippen LogP contribution >= 0.6 is 11.3 Å². The monoisotopic (exact) mass is 342 g/mol. The first-order valence-corrected chi connectivity index (χ1v) is 8.95. The summed E-state index contributed by atoms with van der Waals surface area (Å²) in [6.07, 6.45) is 0.955. The Morgan fingerprint density at radius 3 is 2.88 bits per heavy atom. The van der Waals surface area contributed by atoms with Gasteiger partial charge in [-0.15, -0.1) is 11.3 Å². The van der Waals surface area contributed by atoms with Gasteiger partial charge in [0.25, 0.3) is 0 Å². The lowest BCUT2D eigenvalue weighted by atomic mass is 9.97. The lowest BCUT2D eigenvalue weighted by Crippen LogP contribution is -2.37. The molecule has 24 heavy (non-hydrogen) atoms. The lowest BCUT2D eigenvalue weighted by Gasteiger charge is -2.31. The number of amides is 2. The van der Waals surface area contributed by atoms with Crippen LogP contribution in [0, 0.1) is 0 Å². The fourth-order valence-corrected chi connectivity index (χ4v) is 4.04. The molecule has 0 N–H and O–H groups in total. The minimum atomic E-state index is -0.278. The molecule has 1 fully saturated rings. The summed E-state index contributed by atoms with van der Waals surface area (Å²) >= 11 is 1.61. The molecule has 3 heterocycles. The average Bonchev–Trinajstić information content (AvgIpc) is 3.25. The largest absolute Gasteiger partial charge is 0.447 e. The van der Waals surface area contributed by atoms with Gasteiger partial charge in [0.15, 0.2) is 0 Å². The van der Waals surface area contributed by atoms with Crippen molar-refractivity contribution < 1.29 is 14.3 Å². The van der Waals surface area contributed by atoms with Crippen molar-refractivity contribution >= 4 is 29.0 Å². The van der Waals surface area contributed by atoms with E-state index in [0.29, 0.717) is 32.7 Å². The molecule has 2 aliphatic rings. The molecule has 6 heteroatoms. The fraction of sp³-hybridized carbons (Fsp3) is 0.333. The average molecular weight is 342 g/mol. The van der Waals surface area contributed by atoms with Gasteiger partial charge in [0, 0.05) is 18.0 Å². The third-order valence-corrected chi connectivity index (χ3v) is 5.43. The number of hydrogen-bond donors (Lipinski definition) is 0. The number of carbonyl (C=O) groups excluding carboxylic acids is 2. The van der Waals surface area contributed by atoms with Gasteiger partial charge < -0.3 is 9.64 Å². The summed E-state index contributed by atoms with van der Waals surface area (Å²) in [6.45, 7) is 2.33. The van der Waals surface area contributed by atoms with Crippen molar-refractivity contribution in [2.45, 2.75) is 19.4 Å². The number of benzene rings is 1. The third kappa shape index (κ3) is 2.78. The molecule has 0 saturated carbocycles. The van der Waals surface area contributed by atoms with E-state index in [4.69, 9.17) is 4.74 Å². The zero-order valence-electron chi connectivity index (χ0n) is 13.2. The first-order chi connectivity index (χ1) is 11.7. The highest BCUT2D eigenvalue weighted by Crippen LogP contribution is 2.31. The van der Waals surface area contributed by atoms with E-state index < -0.39 is 0 Å². The van der Waals surface area contributed by atoms with Crippen molar-refractivity contribution in [3.8, 4) is 0 Å². The van der Waals surface area contributed by atoms with E-state index in [1.807, 2.05) is 40.6 Å². The van der Waals surface area contributed by atoms with Crippen LogP contribution in [0.4, 0.5) is 10.5 Å². The Morgan fingerprint density at radius 1 is 1.21 bits per heavy atom. The van der Waals surface area contributed by atoms with Crippen LogP contribution in [0.2, 0.25) is 0 Å². The van der Waals surface area contributed by atoms with Crippen molar-refractivity contribution in [2.24, 2.45) is 0 Å². The summed E-state index contributed by atoms with van der Waals surface area (Å²) in [5, 5.41) is 2.00.